The van der Waals surface area contributed by atoms with Gasteiger partial charge in [0.1, 0.15) is 6.61 Å². The van der Waals surface area contributed by atoms with E-state index in [2.05, 4.69) is 25.7 Å². The minimum Gasteiger partial charge on any atom is -0.384 e. The summed E-state index contributed by atoms with van der Waals surface area (Å²) >= 11 is 0. The topological polar surface area (TPSA) is 40.5 Å². The molecule has 1 aliphatic rings. The van der Waals surface area contributed by atoms with Crippen LogP contribution in [0.25, 0.3) is 0 Å². The van der Waals surface area contributed by atoms with Gasteiger partial charge in [0, 0.05) is 18.7 Å². The first kappa shape index (κ1) is 15.6. The van der Waals surface area contributed by atoms with Gasteiger partial charge in [-0.2, -0.15) is 0 Å². The molecule has 1 N–H and O–H groups in total. The second-order valence-electron chi connectivity index (χ2n) is 6.50. The summed E-state index contributed by atoms with van der Waals surface area (Å²) in [5, 5.41) is 8.86. The molecule has 1 fully saturated rings. The molecule has 21 heavy (non-hydrogen) atoms. The highest BCUT2D eigenvalue weighted by Gasteiger charge is 2.30. The maximum Gasteiger partial charge on any atom is 0.255 e. The Morgan fingerprint density at radius 1 is 1.43 bits per heavy atom. The Morgan fingerprint density at radius 2 is 2.19 bits per heavy atom. The minimum atomic E-state index is -0.196. The van der Waals surface area contributed by atoms with Gasteiger partial charge in [-0.15, -0.1) is 0 Å². The Kier molecular flexibility index (Phi) is 4.69. The minimum absolute atomic E-state index is 0.0497. The first-order valence-corrected chi connectivity index (χ1v) is 7.43. The summed E-state index contributed by atoms with van der Waals surface area (Å²) in [6.07, 6.45) is 2.20. The zero-order chi connectivity index (χ0) is 15.5. The van der Waals surface area contributed by atoms with E-state index in [9.17, 15) is 4.79 Å². The van der Waals surface area contributed by atoms with Gasteiger partial charge in [0.15, 0.2) is 0 Å². The molecule has 0 unspecified atom stereocenters. The average Bonchev–Trinajstić information content (AvgIpc) is 2.44. The van der Waals surface area contributed by atoms with Crippen molar-refractivity contribution in [3.05, 3.63) is 34.9 Å². The number of hydrogen-bond donors (Lipinski definition) is 1. The lowest BCUT2D eigenvalue weighted by molar-refractivity contribution is 0.0583. The van der Waals surface area contributed by atoms with Crippen LogP contribution in [0.1, 0.15) is 48.2 Å². The maximum atomic E-state index is 12.8. The number of likely N-dealkylation sites (tertiary alicyclic amines) is 1. The number of aliphatic hydroxyl groups excluding tert-OH is 1. The summed E-state index contributed by atoms with van der Waals surface area (Å²) in [5.41, 5.74) is 2.56. The molecular formula is C18H23NO2. The van der Waals surface area contributed by atoms with Crippen LogP contribution in [0.2, 0.25) is 0 Å². The number of aryl methyl sites for hydroxylation is 1. The van der Waals surface area contributed by atoms with Crippen molar-refractivity contribution in [2.45, 2.75) is 33.6 Å². The molecule has 0 aromatic heterocycles. The highest BCUT2D eigenvalue weighted by Crippen LogP contribution is 2.29. The first-order valence-electron chi connectivity index (χ1n) is 7.43. The number of amides is 1. The molecule has 0 bridgehead atoms. The van der Waals surface area contributed by atoms with Crippen molar-refractivity contribution in [1.29, 1.82) is 0 Å². The summed E-state index contributed by atoms with van der Waals surface area (Å²) in [4.78, 5) is 14.8. The third kappa shape index (κ3) is 3.86. The molecular weight excluding hydrogens is 262 g/mol. The van der Waals surface area contributed by atoms with Crippen LogP contribution in [0, 0.1) is 24.2 Å². The zero-order valence-electron chi connectivity index (χ0n) is 13.1. The number of aliphatic hydroxyl groups is 1. The zero-order valence-corrected chi connectivity index (χ0v) is 13.1. The molecule has 3 nitrogen and oxygen atoms in total. The second-order valence-corrected chi connectivity index (χ2v) is 6.50. The number of carbonyl (C=O) groups excluding carboxylic acids is 1. The summed E-state index contributed by atoms with van der Waals surface area (Å²) in [6.45, 7) is 7.78. The molecule has 0 aliphatic carbocycles. The molecule has 1 aromatic carbocycles. The van der Waals surface area contributed by atoms with Crippen LogP contribution in [0.4, 0.5) is 0 Å². The fraction of sp³-hybridized carbons (Fsp3) is 0.500. The Hall–Kier alpha value is -1.79. The Bertz CT molecular complexity index is 593. The monoisotopic (exact) mass is 285 g/mol. The van der Waals surface area contributed by atoms with Gasteiger partial charge in [0.05, 0.1) is 5.56 Å². The van der Waals surface area contributed by atoms with Crippen molar-refractivity contribution >= 4 is 5.91 Å². The Balaban J connectivity index is 2.31. The summed E-state index contributed by atoms with van der Waals surface area (Å²) in [5.74, 6) is 5.57. The lowest BCUT2D eigenvalue weighted by Gasteiger charge is -2.38. The van der Waals surface area contributed by atoms with Crippen molar-refractivity contribution in [2.75, 3.05) is 19.7 Å². The van der Waals surface area contributed by atoms with Crippen LogP contribution in [-0.2, 0) is 0 Å². The molecule has 1 aliphatic heterocycles. The van der Waals surface area contributed by atoms with Gasteiger partial charge in [-0.1, -0.05) is 37.3 Å². The van der Waals surface area contributed by atoms with Crippen LogP contribution in [0.15, 0.2) is 18.2 Å². The van der Waals surface area contributed by atoms with Crippen molar-refractivity contribution in [3.63, 3.8) is 0 Å². The molecule has 1 saturated heterocycles. The molecule has 2 rings (SSSR count). The standard InChI is InChI=1S/C18H23NO2/c1-14-7-8-15(6-4-11-20)16(12-14)17(21)19-10-5-9-18(2,3)13-19/h7-8,12,20H,5,9-11,13H2,1-3H3. The van der Waals surface area contributed by atoms with Crippen LogP contribution in [0.3, 0.4) is 0 Å². The van der Waals surface area contributed by atoms with E-state index in [0.29, 0.717) is 11.1 Å². The molecule has 1 amide bonds. The third-order valence-corrected chi connectivity index (χ3v) is 3.90. The molecule has 0 radical (unpaired) electrons. The van der Waals surface area contributed by atoms with Gasteiger partial charge in [-0.3, -0.25) is 4.79 Å². The molecule has 0 spiro atoms. The van der Waals surface area contributed by atoms with Gasteiger partial charge in [-0.05, 0) is 37.3 Å². The van der Waals surface area contributed by atoms with Crippen molar-refractivity contribution in [1.82, 2.24) is 4.90 Å². The van der Waals surface area contributed by atoms with Gasteiger partial charge >= 0.3 is 0 Å². The molecule has 0 saturated carbocycles. The number of carbonyl (C=O) groups is 1. The van der Waals surface area contributed by atoms with Crippen LogP contribution in [-0.4, -0.2) is 35.6 Å². The predicted octanol–water partition coefficient (Wildman–Crippen LogP) is 2.60. The maximum absolute atomic E-state index is 12.8. The summed E-state index contributed by atoms with van der Waals surface area (Å²) < 4.78 is 0. The molecule has 0 atom stereocenters. The highest BCUT2D eigenvalue weighted by molar-refractivity contribution is 5.97. The van der Waals surface area contributed by atoms with Crippen molar-refractivity contribution in [2.24, 2.45) is 5.41 Å². The van der Waals surface area contributed by atoms with Gasteiger partial charge in [0.2, 0.25) is 0 Å². The number of hydrogen-bond acceptors (Lipinski definition) is 2. The van der Waals surface area contributed by atoms with E-state index in [1.165, 1.54) is 0 Å². The van der Waals surface area contributed by atoms with E-state index < -0.39 is 0 Å². The third-order valence-electron chi connectivity index (χ3n) is 3.90. The average molecular weight is 285 g/mol. The van der Waals surface area contributed by atoms with Crippen molar-refractivity contribution < 1.29 is 9.90 Å². The molecule has 1 heterocycles. The number of piperidine rings is 1. The van der Waals surface area contributed by atoms with E-state index in [-0.39, 0.29) is 17.9 Å². The summed E-state index contributed by atoms with van der Waals surface area (Å²) in [7, 11) is 0. The first-order chi connectivity index (χ1) is 9.93. The van der Waals surface area contributed by atoms with Gasteiger partial charge < -0.3 is 10.0 Å². The van der Waals surface area contributed by atoms with E-state index >= 15 is 0 Å². The molecule has 1 aromatic rings. The number of benzene rings is 1. The second kappa shape index (κ2) is 6.32. The van der Waals surface area contributed by atoms with Crippen molar-refractivity contribution in [3.8, 4) is 11.8 Å². The van der Waals surface area contributed by atoms with Crippen LogP contribution in [0.5, 0.6) is 0 Å². The lowest BCUT2D eigenvalue weighted by atomic mass is 9.84. The largest absolute Gasteiger partial charge is 0.384 e. The van der Waals surface area contributed by atoms with E-state index in [1.54, 1.807) is 0 Å². The fourth-order valence-corrected chi connectivity index (χ4v) is 2.85. The number of nitrogens with zero attached hydrogens (tertiary/aromatic N) is 1. The van der Waals surface area contributed by atoms with Gasteiger partial charge in [0.25, 0.3) is 5.91 Å². The number of rotatable bonds is 1. The predicted molar refractivity (Wildman–Crippen MR) is 84.1 cm³/mol. The van der Waals surface area contributed by atoms with E-state index in [4.69, 9.17) is 5.11 Å². The highest BCUT2D eigenvalue weighted by atomic mass is 16.2. The van der Waals surface area contributed by atoms with Crippen LogP contribution >= 0.6 is 0 Å². The van der Waals surface area contributed by atoms with Gasteiger partial charge in [-0.25, -0.2) is 0 Å². The lowest BCUT2D eigenvalue weighted by Crippen LogP contribution is -2.43. The quantitative estimate of drug-likeness (QED) is 0.806. The van der Waals surface area contributed by atoms with E-state index in [0.717, 1.165) is 31.5 Å². The Morgan fingerprint density at radius 3 is 2.86 bits per heavy atom. The smallest absolute Gasteiger partial charge is 0.255 e. The van der Waals surface area contributed by atoms with Crippen LogP contribution < -0.4 is 0 Å². The SMILES string of the molecule is Cc1ccc(C#CCO)c(C(=O)N2CCCC(C)(C)C2)c1. The normalized spacial score (nSPS) is 17.0. The summed E-state index contributed by atoms with van der Waals surface area (Å²) in [6, 6.07) is 5.70. The molecule has 112 valence electrons. The Labute approximate surface area is 127 Å². The van der Waals surface area contributed by atoms with E-state index in [1.807, 2.05) is 30.0 Å². The molecule has 3 heteroatoms. The fourth-order valence-electron chi connectivity index (χ4n) is 2.85.